The van der Waals surface area contributed by atoms with Crippen molar-refractivity contribution in [2.45, 2.75) is 56.8 Å². The maximum atomic E-state index is 13.3. The molecule has 6 rings (SSSR count). The third-order valence-corrected chi connectivity index (χ3v) is 8.19. The number of hydrogen-bond acceptors (Lipinski definition) is 6. The largest absolute Gasteiger partial charge is 0.474 e. The lowest BCUT2D eigenvalue weighted by atomic mass is 9.85. The lowest BCUT2D eigenvalue weighted by Crippen LogP contribution is -2.51. The lowest BCUT2D eigenvalue weighted by molar-refractivity contribution is -0.141. The molecule has 0 spiro atoms. The van der Waals surface area contributed by atoms with Crippen molar-refractivity contribution in [1.29, 1.82) is 0 Å². The van der Waals surface area contributed by atoms with E-state index in [4.69, 9.17) is 4.74 Å². The van der Waals surface area contributed by atoms with Crippen LogP contribution >= 0.6 is 0 Å². The zero-order valence-corrected chi connectivity index (χ0v) is 22.2. The number of amides is 1. The topological polar surface area (TPSA) is 102 Å². The van der Waals surface area contributed by atoms with Crippen LogP contribution in [0, 0.1) is 11.7 Å². The van der Waals surface area contributed by atoms with Crippen molar-refractivity contribution in [2.24, 2.45) is 5.92 Å². The van der Waals surface area contributed by atoms with Crippen molar-refractivity contribution < 1.29 is 19.0 Å². The van der Waals surface area contributed by atoms with Crippen LogP contribution in [0.5, 0.6) is 5.88 Å². The number of nitrogens with zero attached hydrogens (tertiary/aromatic N) is 5. The Balaban J connectivity index is 1.05. The van der Waals surface area contributed by atoms with E-state index in [0.29, 0.717) is 48.5 Å². The number of halogens is 1. The van der Waals surface area contributed by atoms with Gasteiger partial charge in [0.2, 0.25) is 11.8 Å². The van der Waals surface area contributed by atoms with Crippen molar-refractivity contribution in [3.05, 3.63) is 83.4 Å². The molecular formula is C30H32FN5O4. The molecule has 9 nitrogen and oxygen atoms in total. The molecule has 1 aromatic carbocycles. The lowest BCUT2D eigenvalue weighted by Gasteiger charge is -2.40. The Labute approximate surface area is 230 Å². The molecule has 1 aliphatic carbocycles. The highest BCUT2D eigenvalue weighted by atomic mass is 19.1. The van der Waals surface area contributed by atoms with Crippen LogP contribution in [0.3, 0.4) is 0 Å². The SMILES string of the molecule is O=C(C1CCC(Oc2ccccn2)CC1)N1CCC(O)(Cn2cnc3c(ccn3-c3ccc(F)cc3)c2=O)CC1. The van der Waals surface area contributed by atoms with Gasteiger partial charge in [-0.25, -0.2) is 14.4 Å². The van der Waals surface area contributed by atoms with E-state index >= 15 is 0 Å². The van der Waals surface area contributed by atoms with Gasteiger partial charge in [0.15, 0.2) is 5.65 Å². The van der Waals surface area contributed by atoms with E-state index < -0.39 is 5.60 Å². The Morgan fingerprint density at radius 3 is 2.48 bits per heavy atom. The smallest absolute Gasteiger partial charge is 0.262 e. The number of benzene rings is 1. The number of aromatic nitrogens is 4. The summed E-state index contributed by atoms with van der Waals surface area (Å²) >= 11 is 0. The number of hydrogen-bond donors (Lipinski definition) is 1. The molecule has 4 aromatic rings. The monoisotopic (exact) mass is 545 g/mol. The highest BCUT2D eigenvalue weighted by Gasteiger charge is 2.37. The highest BCUT2D eigenvalue weighted by Crippen LogP contribution is 2.31. The minimum absolute atomic E-state index is 0.0332. The van der Waals surface area contributed by atoms with Crippen molar-refractivity contribution >= 4 is 16.9 Å². The number of carbonyl (C=O) groups is 1. The van der Waals surface area contributed by atoms with Gasteiger partial charge in [-0.2, -0.15) is 0 Å². The van der Waals surface area contributed by atoms with Crippen LogP contribution < -0.4 is 10.3 Å². The standard InChI is InChI=1S/C30H32FN5O4/c31-22-6-8-23(9-7-22)36-16-12-25-27(36)33-20-35(29(25)38)19-30(39)13-17-34(18-14-30)28(37)21-4-10-24(11-5-21)40-26-3-1-2-15-32-26/h1-3,6-9,12,15-16,20-21,24,39H,4-5,10-11,13-14,17-19H2. The number of ether oxygens (including phenoxy) is 1. The zero-order chi connectivity index (χ0) is 27.7. The predicted molar refractivity (Wildman–Crippen MR) is 147 cm³/mol. The first-order valence-electron chi connectivity index (χ1n) is 13.8. The van der Waals surface area contributed by atoms with Gasteiger partial charge in [0.05, 0.1) is 17.5 Å². The normalized spacial score (nSPS) is 20.9. The molecular weight excluding hydrogens is 513 g/mol. The Bertz CT molecular complexity index is 1540. The zero-order valence-electron chi connectivity index (χ0n) is 22.2. The van der Waals surface area contributed by atoms with E-state index in [0.717, 1.165) is 25.7 Å². The van der Waals surface area contributed by atoms with Crippen LogP contribution in [0.25, 0.3) is 16.7 Å². The molecule has 1 N–H and O–H groups in total. The predicted octanol–water partition coefficient (Wildman–Crippen LogP) is 3.71. The maximum Gasteiger partial charge on any atom is 0.262 e. The van der Waals surface area contributed by atoms with Gasteiger partial charge in [-0.15, -0.1) is 0 Å². The van der Waals surface area contributed by atoms with Crippen LogP contribution in [0.1, 0.15) is 38.5 Å². The first kappa shape index (κ1) is 26.2. The van der Waals surface area contributed by atoms with Crippen molar-refractivity contribution in [3.8, 4) is 11.6 Å². The molecule has 4 heterocycles. The van der Waals surface area contributed by atoms with Crippen LogP contribution in [0.4, 0.5) is 4.39 Å². The average molecular weight is 546 g/mol. The third kappa shape index (κ3) is 5.36. The van der Waals surface area contributed by atoms with Gasteiger partial charge < -0.3 is 19.3 Å². The quantitative estimate of drug-likeness (QED) is 0.396. The minimum atomic E-state index is -1.11. The van der Waals surface area contributed by atoms with Gasteiger partial charge in [0.1, 0.15) is 18.2 Å². The minimum Gasteiger partial charge on any atom is -0.474 e. The Hall–Kier alpha value is -4.05. The Kier molecular flexibility index (Phi) is 7.10. The van der Waals surface area contributed by atoms with E-state index in [1.54, 1.807) is 35.2 Å². The summed E-state index contributed by atoms with van der Waals surface area (Å²) in [5.74, 6) is 0.386. The molecule has 208 valence electrons. The summed E-state index contributed by atoms with van der Waals surface area (Å²) < 4.78 is 22.5. The molecule has 0 bridgehead atoms. The Morgan fingerprint density at radius 1 is 1.02 bits per heavy atom. The molecule has 1 saturated carbocycles. The van der Waals surface area contributed by atoms with Crippen molar-refractivity contribution in [3.63, 3.8) is 0 Å². The van der Waals surface area contributed by atoms with Gasteiger partial charge in [-0.05, 0) is 74.9 Å². The summed E-state index contributed by atoms with van der Waals surface area (Å²) in [6, 6.07) is 13.3. The van der Waals surface area contributed by atoms with Gasteiger partial charge in [-0.1, -0.05) is 6.07 Å². The van der Waals surface area contributed by atoms with E-state index in [1.807, 2.05) is 23.1 Å². The second kappa shape index (κ2) is 10.8. The molecule has 10 heteroatoms. The maximum absolute atomic E-state index is 13.3. The number of piperidine rings is 1. The molecule has 1 saturated heterocycles. The average Bonchev–Trinajstić information content (AvgIpc) is 3.41. The summed E-state index contributed by atoms with van der Waals surface area (Å²) in [5.41, 5.74) is -0.183. The van der Waals surface area contributed by atoms with Crippen molar-refractivity contribution in [2.75, 3.05) is 13.1 Å². The second-order valence-corrected chi connectivity index (χ2v) is 10.9. The summed E-state index contributed by atoms with van der Waals surface area (Å²) in [5, 5.41) is 11.7. The third-order valence-electron chi connectivity index (χ3n) is 8.19. The molecule has 2 fully saturated rings. The number of aliphatic hydroxyl groups is 1. The molecule has 2 aliphatic rings. The van der Waals surface area contributed by atoms with Gasteiger partial charge in [0, 0.05) is 43.2 Å². The fraction of sp³-hybridized carbons (Fsp3) is 0.400. The van der Waals surface area contributed by atoms with Crippen molar-refractivity contribution in [1.82, 2.24) is 24.0 Å². The number of rotatable bonds is 6. The molecule has 40 heavy (non-hydrogen) atoms. The molecule has 0 atom stereocenters. The van der Waals surface area contributed by atoms with E-state index in [-0.39, 0.29) is 35.9 Å². The van der Waals surface area contributed by atoms with E-state index in [2.05, 4.69) is 9.97 Å². The Morgan fingerprint density at radius 2 is 1.77 bits per heavy atom. The first-order valence-corrected chi connectivity index (χ1v) is 13.8. The summed E-state index contributed by atoms with van der Waals surface area (Å²) in [4.78, 5) is 37.0. The van der Waals surface area contributed by atoms with E-state index in [9.17, 15) is 19.1 Å². The number of carbonyl (C=O) groups excluding carboxylic acids is 1. The van der Waals surface area contributed by atoms with Gasteiger partial charge in [-0.3, -0.25) is 14.2 Å². The first-order chi connectivity index (χ1) is 19.4. The second-order valence-electron chi connectivity index (χ2n) is 10.9. The van der Waals surface area contributed by atoms with Crippen LogP contribution in [0.2, 0.25) is 0 Å². The summed E-state index contributed by atoms with van der Waals surface area (Å²) in [7, 11) is 0. The molecule has 1 aliphatic heterocycles. The number of fused-ring (bicyclic) bond motifs is 1. The molecule has 1 amide bonds. The fourth-order valence-electron chi connectivity index (χ4n) is 5.87. The molecule has 0 radical (unpaired) electrons. The number of pyridine rings is 1. The fourth-order valence-corrected chi connectivity index (χ4v) is 5.87. The number of likely N-dealkylation sites (tertiary alicyclic amines) is 1. The summed E-state index contributed by atoms with van der Waals surface area (Å²) in [6.07, 6.45) is 8.90. The van der Waals surface area contributed by atoms with Gasteiger partial charge in [0.25, 0.3) is 5.56 Å². The van der Waals surface area contributed by atoms with Crippen LogP contribution in [0.15, 0.2) is 72.0 Å². The van der Waals surface area contributed by atoms with Crippen LogP contribution in [-0.2, 0) is 11.3 Å². The molecule has 3 aromatic heterocycles. The van der Waals surface area contributed by atoms with Gasteiger partial charge >= 0.3 is 0 Å². The van der Waals surface area contributed by atoms with E-state index in [1.165, 1.54) is 23.0 Å². The van der Waals surface area contributed by atoms with Crippen LogP contribution in [-0.4, -0.2) is 59.8 Å². The highest BCUT2D eigenvalue weighted by molar-refractivity contribution is 5.79. The molecule has 0 unspecified atom stereocenters. The summed E-state index contributed by atoms with van der Waals surface area (Å²) in [6.45, 7) is 1.00.